The molecule has 1 aliphatic carbocycles. The van der Waals surface area contributed by atoms with E-state index in [1.165, 1.54) is 0 Å². The summed E-state index contributed by atoms with van der Waals surface area (Å²) in [6.07, 6.45) is 4.07. The molecule has 1 N–H and O–H groups in total. The van der Waals surface area contributed by atoms with E-state index in [9.17, 15) is 4.79 Å². The van der Waals surface area contributed by atoms with Gasteiger partial charge in [0, 0.05) is 10.3 Å². The lowest BCUT2D eigenvalue weighted by atomic mass is 9.92. The van der Waals surface area contributed by atoms with Crippen LogP contribution in [0.4, 0.5) is 0 Å². The molecule has 0 spiro atoms. The molecule has 0 bridgehead atoms. The maximum absolute atomic E-state index is 11.1. The standard InChI is InChI=1S/C14H16O4S/c1-19-12-7-11-10(17-4-5-18-11)6-9(12)14(2-3-14)8-13(15)16/h6-7H,2-5,8H2,1H3,(H,15,16). The van der Waals surface area contributed by atoms with E-state index in [4.69, 9.17) is 14.6 Å². The van der Waals surface area contributed by atoms with Crippen LogP contribution in [0.1, 0.15) is 24.8 Å². The van der Waals surface area contributed by atoms with Crippen molar-refractivity contribution in [2.75, 3.05) is 19.5 Å². The fourth-order valence-electron chi connectivity index (χ4n) is 2.64. The summed E-state index contributed by atoms with van der Waals surface area (Å²) in [4.78, 5) is 12.2. The second kappa shape index (κ2) is 4.63. The Kier molecular flexibility index (Phi) is 3.09. The smallest absolute Gasteiger partial charge is 0.304 e. The third kappa shape index (κ3) is 2.27. The molecule has 2 aliphatic rings. The molecule has 0 amide bonds. The van der Waals surface area contributed by atoms with Gasteiger partial charge in [-0.05, 0) is 36.8 Å². The lowest BCUT2D eigenvalue weighted by Gasteiger charge is -2.23. The molecule has 0 atom stereocenters. The largest absolute Gasteiger partial charge is 0.486 e. The van der Waals surface area contributed by atoms with E-state index >= 15 is 0 Å². The molecule has 1 aromatic carbocycles. The van der Waals surface area contributed by atoms with Gasteiger partial charge in [0.05, 0.1) is 6.42 Å². The molecule has 0 aromatic heterocycles. The highest BCUT2D eigenvalue weighted by Crippen LogP contribution is 2.55. The Hall–Kier alpha value is -1.36. The van der Waals surface area contributed by atoms with Crippen LogP contribution in [-0.2, 0) is 10.2 Å². The number of hydrogen-bond acceptors (Lipinski definition) is 4. The maximum atomic E-state index is 11.1. The van der Waals surface area contributed by atoms with Crippen LogP contribution < -0.4 is 9.47 Å². The molecule has 102 valence electrons. The lowest BCUT2D eigenvalue weighted by Crippen LogP contribution is -2.18. The quantitative estimate of drug-likeness (QED) is 0.859. The van der Waals surface area contributed by atoms with Crippen molar-refractivity contribution in [2.24, 2.45) is 0 Å². The Labute approximate surface area is 116 Å². The monoisotopic (exact) mass is 280 g/mol. The van der Waals surface area contributed by atoms with Gasteiger partial charge in [-0.15, -0.1) is 11.8 Å². The highest BCUT2D eigenvalue weighted by atomic mass is 32.2. The fraction of sp³-hybridized carbons (Fsp3) is 0.500. The number of ether oxygens (including phenoxy) is 2. The summed E-state index contributed by atoms with van der Waals surface area (Å²) < 4.78 is 11.2. The molecular formula is C14H16O4S. The Morgan fingerprint density at radius 3 is 2.47 bits per heavy atom. The molecule has 4 nitrogen and oxygen atoms in total. The molecule has 1 heterocycles. The summed E-state index contributed by atoms with van der Waals surface area (Å²) in [5.74, 6) is 0.778. The Morgan fingerprint density at radius 2 is 1.95 bits per heavy atom. The normalized spacial score (nSPS) is 19.0. The minimum absolute atomic E-state index is 0.194. The topological polar surface area (TPSA) is 55.8 Å². The zero-order valence-corrected chi connectivity index (χ0v) is 11.6. The van der Waals surface area contributed by atoms with Gasteiger partial charge in [-0.1, -0.05) is 0 Å². The second-order valence-corrected chi connectivity index (χ2v) is 5.90. The van der Waals surface area contributed by atoms with Crippen LogP contribution in [0, 0.1) is 0 Å². The molecule has 19 heavy (non-hydrogen) atoms. The van der Waals surface area contributed by atoms with E-state index in [1.807, 2.05) is 18.4 Å². The zero-order chi connectivity index (χ0) is 13.5. The molecule has 1 fully saturated rings. The highest BCUT2D eigenvalue weighted by Gasteiger charge is 2.47. The SMILES string of the molecule is CSc1cc2c(cc1C1(CC(=O)O)CC1)OCCO2. The van der Waals surface area contributed by atoms with E-state index in [-0.39, 0.29) is 11.8 Å². The lowest BCUT2D eigenvalue weighted by molar-refractivity contribution is -0.137. The number of aliphatic carboxylic acids is 1. The van der Waals surface area contributed by atoms with Crippen molar-refractivity contribution in [1.82, 2.24) is 0 Å². The van der Waals surface area contributed by atoms with Gasteiger partial charge in [-0.25, -0.2) is 0 Å². The van der Waals surface area contributed by atoms with Gasteiger partial charge >= 0.3 is 5.97 Å². The molecule has 0 saturated heterocycles. The maximum Gasteiger partial charge on any atom is 0.304 e. The van der Waals surface area contributed by atoms with Crippen LogP contribution in [0.3, 0.4) is 0 Å². The van der Waals surface area contributed by atoms with Crippen LogP contribution in [0.5, 0.6) is 11.5 Å². The van der Waals surface area contributed by atoms with Crippen LogP contribution in [0.15, 0.2) is 17.0 Å². The first-order valence-corrected chi connectivity index (χ1v) is 7.57. The number of carboxylic acid groups (broad SMARTS) is 1. The third-order valence-electron chi connectivity index (χ3n) is 3.78. The van der Waals surface area contributed by atoms with Crippen molar-refractivity contribution in [3.05, 3.63) is 17.7 Å². The Balaban J connectivity index is 2.02. The molecule has 5 heteroatoms. The van der Waals surface area contributed by atoms with Crippen molar-refractivity contribution >= 4 is 17.7 Å². The Morgan fingerprint density at radius 1 is 1.32 bits per heavy atom. The molecule has 1 aromatic rings. The van der Waals surface area contributed by atoms with Crippen molar-refractivity contribution < 1.29 is 19.4 Å². The average Bonchev–Trinajstić information content (AvgIpc) is 3.17. The van der Waals surface area contributed by atoms with E-state index in [1.54, 1.807) is 11.8 Å². The number of hydrogen-bond donors (Lipinski definition) is 1. The van der Waals surface area contributed by atoms with Gasteiger partial charge in [0.25, 0.3) is 0 Å². The van der Waals surface area contributed by atoms with Gasteiger partial charge in [0.1, 0.15) is 13.2 Å². The van der Waals surface area contributed by atoms with Gasteiger partial charge in [0.15, 0.2) is 11.5 Å². The van der Waals surface area contributed by atoms with Gasteiger partial charge in [-0.3, -0.25) is 4.79 Å². The third-order valence-corrected chi connectivity index (χ3v) is 4.56. The first kappa shape index (κ1) is 12.7. The Bertz CT molecular complexity index is 522. The van der Waals surface area contributed by atoms with Gasteiger partial charge < -0.3 is 14.6 Å². The summed E-state index contributed by atoms with van der Waals surface area (Å²) in [7, 11) is 0. The predicted molar refractivity (Wildman–Crippen MR) is 72.4 cm³/mol. The van der Waals surface area contributed by atoms with Crippen molar-refractivity contribution in [1.29, 1.82) is 0 Å². The van der Waals surface area contributed by atoms with E-state index < -0.39 is 5.97 Å². The van der Waals surface area contributed by atoms with Gasteiger partial charge in [-0.2, -0.15) is 0 Å². The first-order valence-electron chi connectivity index (χ1n) is 6.34. The predicted octanol–water partition coefficient (Wildman–Crippen LogP) is 2.69. The van der Waals surface area contributed by atoms with Crippen molar-refractivity contribution in [2.45, 2.75) is 29.6 Å². The summed E-state index contributed by atoms with van der Waals surface area (Å²) in [5.41, 5.74) is 0.909. The molecular weight excluding hydrogens is 264 g/mol. The summed E-state index contributed by atoms with van der Waals surface area (Å²) in [6, 6.07) is 3.96. The minimum Gasteiger partial charge on any atom is -0.486 e. The highest BCUT2D eigenvalue weighted by molar-refractivity contribution is 7.98. The van der Waals surface area contributed by atoms with Crippen molar-refractivity contribution in [3.8, 4) is 11.5 Å². The van der Waals surface area contributed by atoms with E-state index in [0.29, 0.717) is 13.2 Å². The molecule has 0 radical (unpaired) electrons. The van der Waals surface area contributed by atoms with E-state index in [2.05, 4.69) is 0 Å². The molecule has 1 saturated carbocycles. The number of rotatable bonds is 4. The molecule has 0 unspecified atom stereocenters. The van der Waals surface area contributed by atoms with Crippen LogP contribution in [-0.4, -0.2) is 30.5 Å². The van der Waals surface area contributed by atoms with Crippen LogP contribution in [0.2, 0.25) is 0 Å². The van der Waals surface area contributed by atoms with Crippen LogP contribution >= 0.6 is 11.8 Å². The van der Waals surface area contributed by atoms with E-state index in [0.717, 1.165) is 34.8 Å². The second-order valence-electron chi connectivity index (χ2n) is 5.05. The summed E-state index contributed by atoms with van der Waals surface area (Å²) in [5, 5.41) is 9.09. The van der Waals surface area contributed by atoms with Gasteiger partial charge in [0.2, 0.25) is 0 Å². The average molecular weight is 280 g/mol. The number of carboxylic acids is 1. The minimum atomic E-state index is -0.737. The number of thioether (sulfide) groups is 1. The summed E-state index contributed by atoms with van der Waals surface area (Å²) in [6.45, 7) is 1.12. The summed E-state index contributed by atoms with van der Waals surface area (Å²) >= 11 is 1.63. The first-order chi connectivity index (χ1) is 9.14. The van der Waals surface area contributed by atoms with Crippen LogP contribution in [0.25, 0.3) is 0 Å². The number of benzene rings is 1. The fourth-order valence-corrected chi connectivity index (χ4v) is 3.36. The number of fused-ring (bicyclic) bond motifs is 1. The zero-order valence-electron chi connectivity index (χ0n) is 10.8. The molecule has 3 rings (SSSR count). The molecule has 1 aliphatic heterocycles. The van der Waals surface area contributed by atoms with Crippen molar-refractivity contribution in [3.63, 3.8) is 0 Å². The number of carbonyl (C=O) groups is 1.